The van der Waals surface area contributed by atoms with Gasteiger partial charge in [-0.2, -0.15) is 5.26 Å². The van der Waals surface area contributed by atoms with Gasteiger partial charge in [-0.25, -0.2) is 0 Å². The molecule has 34 heavy (non-hydrogen) atoms. The van der Waals surface area contributed by atoms with Crippen LogP contribution in [0.2, 0.25) is 0 Å². The smallest absolute Gasteiger partial charge is 0.103 e. The second-order valence-corrected chi connectivity index (χ2v) is 9.91. The van der Waals surface area contributed by atoms with Gasteiger partial charge in [-0.15, -0.1) is 0 Å². The Hall–Kier alpha value is -3.14. The van der Waals surface area contributed by atoms with Crippen molar-refractivity contribution in [3.05, 3.63) is 59.1 Å². The highest BCUT2D eigenvalue weighted by Crippen LogP contribution is 2.37. The molecular formula is C28H34N6. The van der Waals surface area contributed by atoms with E-state index in [9.17, 15) is 5.26 Å². The quantitative estimate of drug-likeness (QED) is 0.553. The molecule has 3 aromatic rings. The van der Waals surface area contributed by atoms with Crippen LogP contribution in [0, 0.1) is 31.1 Å². The molecule has 0 spiro atoms. The zero-order chi connectivity index (χ0) is 23.7. The van der Waals surface area contributed by atoms with Gasteiger partial charge in [0.25, 0.3) is 0 Å². The van der Waals surface area contributed by atoms with Crippen molar-refractivity contribution in [3.8, 4) is 6.07 Å². The van der Waals surface area contributed by atoms with Crippen LogP contribution in [0.25, 0.3) is 16.5 Å². The second-order valence-electron chi connectivity index (χ2n) is 9.91. The van der Waals surface area contributed by atoms with Crippen molar-refractivity contribution in [3.63, 3.8) is 0 Å². The molecule has 0 saturated carbocycles. The van der Waals surface area contributed by atoms with Crippen LogP contribution in [0.5, 0.6) is 0 Å². The number of benzene rings is 1. The molecule has 5 rings (SSSR count). The van der Waals surface area contributed by atoms with Gasteiger partial charge in [0, 0.05) is 59.9 Å². The molecule has 1 saturated heterocycles. The van der Waals surface area contributed by atoms with E-state index in [1.54, 1.807) is 6.20 Å². The van der Waals surface area contributed by atoms with Crippen molar-refractivity contribution in [1.82, 2.24) is 19.8 Å². The summed E-state index contributed by atoms with van der Waals surface area (Å²) in [5, 5.41) is 14.7. The van der Waals surface area contributed by atoms with Gasteiger partial charge >= 0.3 is 0 Å². The lowest BCUT2D eigenvalue weighted by atomic mass is 9.92. The van der Waals surface area contributed by atoms with Crippen LogP contribution in [0.3, 0.4) is 0 Å². The molecule has 176 valence electrons. The number of hydrogen-bond donors (Lipinski definition) is 2. The Balaban J connectivity index is 1.41. The average molecular weight is 455 g/mol. The first kappa shape index (κ1) is 22.6. The number of anilines is 2. The number of nitriles is 1. The van der Waals surface area contributed by atoms with E-state index in [4.69, 9.17) is 0 Å². The first-order valence-corrected chi connectivity index (χ1v) is 12.4. The van der Waals surface area contributed by atoms with Crippen LogP contribution in [0.1, 0.15) is 41.6 Å². The summed E-state index contributed by atoms with van der Waals surface area (Å²) >= 11 is 0. The van der Waals surface area contributed by atoms with Gasteiger partial charge in [0.1, 0.15) is 6.07 Å². The molecule has 4 heterocycles. The lowest BCUT2D eigenvalue weighted by Crippen LogP contribution is -2.38. The molecule has 6 heteroatoms. The maximum atomic E-state index is 9.90. The number of aromatic nitrogens is 2. The van der Waals surface area contributed by atoms with Gasteiger partial charge in [0.05, 0.1) is 11.3 Å². The van der Waals surface area contributed by atoms with Gasteiger partial charge in [-0.1, -0.05) is 6.08 Å². The minimum absolute atomic E-state index is 0.587. The van der Waals surface area contributed by atoms with Crippen molar-refractivity contribution in [1.29, 1.82) is 5.26 Å². The first-order chi connectivity index (χ1) is 16.5. The predicted octanol–water partition coefficient (Wildman–Crippen LogP) is 5.23. The molecule has 2 N–H and O–H groups in total. The third-order valence-electron chi connectivity index (χ3n) is 7.62. The Kier molecular flexibility index (Phi) is 6.40. The van der Waals surface area contributed by atoms with Crippen LogP contribution in [0.4, 0.5) is 11.4 Å². The number of hydrogen-bond acceptors (Lipinski definition) is 5. The normalized spacial score (nSPS) is 18.1. The highest BCUT2D eigenvalue weighted by Gasteiger charge is 2.24. The summed E-state index contributed by atoms with van der Waals surface area (Å²) in [6.07, 6.45) is 9.60. The number of pyridine rings is 1. The lowest BCUT2D eigenvalue weighted by Gasteiger charge is -2.34. The van der Waals surface area contributed by atoms with E-state index in [2.05, 4.69) is 76.3 Å². The van der Waals surface area contributed by atoms with E-state index >= 15 is 0 Å². The van der Waals surface area contributed by atoms with Gasteiger partial charge in [0.2, 0.25) is 0 Å². The Labute approximate surface area is 202 Å². The zero-order valence-corrected chi connectivity index (χ0v) is 20.5. The molecule has 0 aliphatic carbocycles. The number of aromatic amines is 1. The molecule has 0 radical (unpaired) electrons. The van der Waals surface area contributed by atoms with Gasteiger partial charge in [-0.3, -0.25) is 9.88 Å². The van der Waals surface area contributed by atoms with Crippen molar-refractivity contribution < 1.29 is 0 Å². The largest absolute Gasteiger partial charge is 0.361 e. The van der Waals surface area contributed by atoms with E-state index in [0.29, 0.717) is 5.56 Å². The van der Waals surface area contributed by atoms with E-state index < -0.39 is 0 Å². The van der Waals surface area contributed by atoms with Crippen molar-refractivity contribution in [2.24, 2.45) is 5.92 Å². The van der Waals surface area contributed by atoms with Crippen molar-refractivity contribution >= 4 is 27.9 Å². The summed E-state index contributed by atoms with van der Waals surface area (Å²) in [5.74, 6) is 0.806. The number of fused-ring (bicyclic) bond motifs is 1. The van der Waals surface area contributed by atoms with Crippen molar-refractivity contribution in [2.75, 3.05) is 45.1 Å². The van der Waals surface area contributed by atoms with E-state index in [1.807, 2.05) is 6.20 Å². The predicted molar refractivity (Wildman–Crippen MR) is 139 cm³/mol. The summed E-state index contributed by atoms with van der Waals surface area (Å²) in [7, 11) is 2.22. The average Bonchev–Trinajstić information content (AvgIpc) is 3.33. The third kappa shape index (κ3) is 4.46. The van der Waals surface area contributed by atoms with Crippen LogP contribution < -0.4 is 5.32 Å². The number of likely N-dealkylation sites (tertiary alicyclic amines) is 1. The zero-order valence-electron chi connectivity index (χ0n) is 20.5. The fourth-order valence-corrected chi connectivity index (χ4v) is 5.48. The molecule has 2 aliphatic rings. The van der Waals surface area contributed by atoms with Gasteiger partial charge in [-0.05, 0) is 88.5 Å². The number of nitrogens with zero attached hydrogens (tertiary/aromatic N) is 4. The summed E-state index contributed by atoms with van der Waals surface area (Å²) in [4.78, 5) is 12.9. The topological polar surface area (TPSA) is 71.0 Å². The van der Waals surface area contributed by atoms with Crippen molar-refractivity contribution in [2.45, 2.75) is 33.1 Å². The Bertz CT molecular complexity index is 1260. The monoisotopic (exact) mass is 454 g/mol. The fourth-order valence-electron chi connectivity index (χ4n) is 5.48. The number of piperidine rings is 1. The third-order valence-corrected chi connectivity index (χ3v) is 7.62. The molecule has 2 aromatic heterocycles. The highest BCUT2D eigenvalue weighted by atomic mass is 15.1. The molecule has 2 aliphatic heterocycles. The standard InChI is InChI=1S/C28H34N6/c1-19-24-6-11-30-26(24)5-4-25(19)32-28-23(16-29)17-31-20(2)27(28)22-9-14-34(15-10-22)18-21-7-12-33(3)13-8-21/h4-6,9,11,17,21,30H,7-8,10,12-15,18H2,1-3H3,(H,31,32). The minimum atomic E-state index is 0.587. The summed E-state index contributed by atoms with van der Waals surface area (Å²) in [6, 6.07) is 8.65. The molecule has 0 unspecified atom stereocenters. The molecule has 0 amide bonds. The molecule has 1 aromatic carbocycles. The molecule has 0 atom stereocenters. The number of aryl methyl sites for hydroxylation is 2. The summed E-state index contributed by atoms with van der Waals surface area (Å²) < 4.78 is 0. The number of rotatable bonds is 5. The molecule has 6 nitrogen and oxygen atoms in total. The second kappa shape index (κ2) is 9.61. The van der Waals surface area contributed by atoms with Crippen LogP contribution in [0.15, 0.2) is 36.7 Å². The Morgan fingerprint density at radius 3 is 2.74 bits per heavy atom. The maximum Gasteiger partial charge on any atom is 0.103 e. The lowest BCUT2D eigenvalue weighted by molar-refractivity contribution is 0.168. The SMILES string of the molecule is Cc1ncc(C#N)c(Nc2ccc3[nH]ccc3c2C)c1C1=CCN(CC2CCN(C)CC2)CC1. The molecular weight excluding hydrogens is 420 g/mol. The molecule has 0 bridgehead atoms. The fraction of sp³-hybridized carbons (Fsp3) is 0.429. The summed E-state index contributed by atoms with van der Waals surface area (Å²) in [6.45, 7) is 9.82. The van der Waals surface area contributed by atoms with Crippen LogP contribution in [-0.4, -0.2) is 59.5 Å². The number of H-pyrrole nitrogens is 1. The van der Waals surface area contributed by atoms with E-state index in [0.717, 1.165) is 53.6 Å². The van der Waals surface area contributed by atoms with Gasteiger partial charge < -0.3 is 15.2 Å². The number of nitrogens with one attached hydrogen (secondary N) is 2. The van der Waals surface area contributed by atoms with E-state index in [-0.39, 0.29) is 0 Å². The summed E-state index contributed by atoms with van der Waals surface area (Å²) in [5.41, 5.74) is 8.13. The van der Waals surface area contributed by atoms with Gasteiger partial charge in [0.15, 0.2) is 0 Å². The van der Waals surface area contributed by atoms with Crippen LogP contribution >= 0.6 is 0 Å². The Morgan fingerprint density at radius 2 is 2.00 bits per heavy atom. The van der Waals surface area contributed by atoms with E-state index in [1.165, 1.54) is 49.0 Å². The molecule has 1 fully saturated rings. The minimum Gasteiger partial charge on any atom is -0.361 e. The Morgan fingerprint density at radius 1 is 1.18 bits per heavy atom. The maximum absolute atomic E-state index is 9.90. The highest BCUT2D eigenvalue weighted by molar-refractivity contribution is 5.91. The first-order valence-electron chi connectivity index (χ1n) is 12.4. The van der Waals surface area contributed by atoms with Crippen LogP contribution in [-0.2, 0) is 0 Å².